The summed E-state index contributed by atoms with van der Waals surface area (Å²) in [5.41, 5.74) is 5.59. The molecule has 0 radical (unpaired) electrons. The molecule has 1 amide bonds. The minimum atomic E-state index is -0.893. The van der Waals surface area contributed by atoms with Crippen LogP contribution in [0.2, 0.25) is 0 Å². The summed E-state index contributed by atoms with van der Waals surface area (Å²) in [7, 11) is 0. The molecular weight excluding hydrogens is 694 g/mol. The Morgan fingerprint density at radius 2 is 1.67 bits per heavy atom. The summed E-state index contributed by atoms with van der Waals surface area (Å²) >= 11 is 0. The Morgan fingerprint density at radius 3 is 2.37 bits per heavy atom. The Morgan fingerprint density at radius 1 is 0.926 bits per heavy atom. The first-order valence-corrected chi connectivity index (χ1v) is 18.2. The van der Waals surface area contributed by atoms with Crippen LogP contribution in [0, 0.1) is 5.92 Å². The second-order valence-electron chi connectivity index (χ2n) is 13.9. The molecular formula is C42H48F2N4O6. The molecule has 0 saturated carbocycles. The fourth-order valence-electron chi connectivity index (χ4n) is 7.79. The Labute approximate surface area is 312 Å². The number of phenolic OH excluding ortho intramolecular Hbond substituents is 1. The molecule has 4 heterocycles. The van der Waals surface area contributed by atoms with E-state index in [0.29, 0.717) is 42.1 Å². The van der Waals surface area contributed by atoms with Gasteiger partial charge in [-0.1, -0.05) is 60.7 Å². The number of rotatable bonds is 14. The quantitative estimate of drug-likeness (QED) is 0.0797. The minimum Gasteiger partial charge on any atom is -0.506 e. The second kappa shape index (κ2) is 18.2. The summed E-state index contributed by atoms with van der Waals surface area (Å²) in [4.78, 5) is 31.2. The van der Waals surface area contributed by atoms with E-state index in [1.165, 1.54) is 12.1 Å². The largest absolute Gasteiger partial charge is 0.506 e. The molecule has 10 nitrogen and oxygen atoms in total. The van der Waals surface area contributed by atoms with Gasteiger partial charge >= 0.3 is 6.09 Å². The van der Waals surface area contributed by atoms with Crippen LogP contribution >= 0.6 is 0 Å². The topological polar surface area (TPSA) is 138 Å². The Hall–Kier alpha value is -5.30. The molecule has 4 aromatic carbocycles. The van der Waals surface area contributed by atoms with E-state index in [2.05, 4.69) is 33.4 Å². The fourth-order valence-corrected chi connectivity index (χ4v) is 7.79. The molecule has 54 heavy (non-hydrogen) atoms. The van der Waals surface area contributed by atoms with E-state index >= 15 is 0 Å². The SMILES string of the molecule is F.F.O=C(O)N(c1cc(CCCOc2ccc(CCNC[C@@H](O)c3ccc(O)c4[nH]c(=O)ccc34)cc2)ccc1-c1ccccc1)[C@H]1CN2CCC1CC2. The Balaban J connectivity index is 0.00000280. The van der Waals surface area contributed by atoms with Gasteiger partial charge in [0, 0.05) is 30.1 Å². The highest BCUT2D eigenvalue weighted by Crippen LogP contribution is 2.39. The van der Waals surface area contributed by atoms with Gasteiger partial charge < -0.3 is 35.3 Å². The average Bonchev–Trinajstić information content (AvgIpc) is 3.17. The van der Waals surface area contributed by atoms with Crippen molar-refractivity contribution in [3.05, 3.63) is 124 Å². The summed E-state index contributed by atoms with van der Waals surface area (Å²) < 4.78 is 6.08. The number of aromatic hydroxyl groups is 1. The lowest BCUT2D eigenvalue weighted by atomic mass is 9.82. The molecule has 2 atom stereocenters. The minimum absolute atomic E-state index is 0. The van der Waals surface area contributed by atoms with Crippen molar-refractivity contribution in [1.82, 2.24) is 15.2 Å². The van der Waals surface area contributed by atoms with Gasteiger partial charge in [-0.3, -0.25) is 19.1 Å². The van der Waals surface area contributed by atoms with Crippen molar-refractivity contribution in [2.24, 2.45) is 5.92 Å². The van der Waals surface area contributed by atoms with Gasteiger partial charge in [0.05, 0.1) is 30.0 Å². The van der Waals surface area contributed by atoms with Crippen LogP contribution in [0.15, 0.2) is 102 Å². The number of anilines is 1. The molecule has 3 saturated heterocycles. The van der Waals surface area contributed by atoms with Crippen molar-refractivity contribution in [2.45, 2.75) is 44.2 Å². The Kier molecular flexibility index (Phi) is 13.4. The number of H-pyrrole nitrogens is 1. The first-order valence-electron chi connectivity index (χ1n) is 18.2. The predicted octanol–water partition coefficient (Wildman–Crippen LogP) is 6.66. The average molecular weight is 743 g/mol. The van der Waals surface area contributed by atoms with E-state index in [-0.39, 0.29) is 26.8 Å². The van der Waals surface area contributed by atoms with E-state index in [0.717, 1.165) is 85.4 Å². The fraction of sp³-hybridized carbons (Fsp3) is 0.333. The monoisotopic (exact) mass is 742 g/mol. The lowest BCUT2D eigenvalue weighted by Crippen LogP contribution is -2.59. The van der Waals surface area contributed by atoms with Gasteiger partial charge in [0.1, 0.15) is 11.5 Å². The molecule has 5 N–H and O–H groups in total. The van der Waals surface area contributed by atoms with Crippen LogP contribution in [-0.2, 0) is 12.8 Å². The Bertz CT molecular complexity index is 2050. The standard InChI is InChI=1S/C42H46N4O6.2FH/c47-38-16-14-34(35-15-17-40(49)44-41(35)38)39(48)26-43-21-18-28-8-11-32(12-9-28)52-24-4-5-29-10-13-33(30-6-2-1-3-7-30)36(25-29)46(42(50)51)37-27-45-22-19-31(37)20-23-45;;/h1-3,6-17,25,31,37,39,43,47-48H,4-5,18-24,26-27H2,(H,44,49)(H,50,51);2*1H/t37-,39+;;/m0../s1. The normalized spacial score (nSPS) is 18.0. The van der Waals surface area contributed by atoms with E-state index in [4.69, 9.17) is 4.74 Å². The van der Waals surface area contributed by atoms with Gasteiger partial charge in [-0.15, -0.1) is 0 Å². The molecule has 12 heteroatoms. The zero-order valence-corrected chi connectivity index (χ0v) is 30.0. The van der Waals surface area contributed by atoms with Gasteiger partial charge in [-0.2, -0.15) is 0 Å². The maximum absolute atomic E-state index is 12.9. The number of ether oxygens (including phenoxy) is 1. The van der Waals surface area contributed by atoms with Crippen LogP contribution in [0.25, 0.3) is 22.0 Å². The van der Waals surface area contributed by atoms with Crippen molar-refractivity contribution >= 4 is 22.7 Å². The molecule has 3 fully saturated rings. The molecule has 2 bridgehead atoms. The number of fused-ring (bicyclic) bond motifs is 4. The first kappa shape index (κ1) is 39.9. The summed E-state index contributed by atoms with van der Waals surface area (Å²) in [6.07, 6.45) is 2.71. The number of phenols is 1. The summed E-state index contributed by atoms with van der Waals surface area (Å²) in [5.74, 6) is 1.14. The van der Waals surface area contributed by atoms with E-state index in [1.807, 2.05) is 54.6 Å². The molecule has 0 unspecified atom stereocenters. The van der Waals surface area contributed by atoms with E-state index in [9.17, 15) is 24.9 Å². The van der Waals surface area contributed by atoms with Crippen molar-refractivity contribution in [1.29, 1.82) is 0 Å². The number of carbonyl (C=O) groups is 1. The number of hydrogen-bond donors (Lipinski definition) is 5. The number of piperidine rings is 3. The van der Waals surface area contributed by atoms with Gasteiger partial charge in [0.15, 0.2) is 0 Å². The summed E-state index contributed by atoms with van der Waals surface area (Å²) in [6, 6.07) is 30.4. The number of carboxylic acid groups (broad SMARTS) is 1. The number of benzene rings is 4. The number of aliphatic hydroxyl groups excluding tert-OH is 1. The summed E-state index contributed by atoms with van der Waals surface area (Å²) in [6.45, 7) is 4.41. The summed E-state index contributed by atoms with van der Waals surface area (Å²) in [5, 5.41) is 35.4. The van der Waals surface area contributed by atoms with Crippen LogP contribution in [0.3, 0.4) is 0 Å². The predicted molar refractivity (Wildman–Crippen MR) is 208 cm³/mol. The van der Waals surface area contributed by atoms with Gasteiger partial charge in [0.25, 0.3) is 0 Å². The van der Waals surface area contributed by atoms with Crippen LogP contribution in [0.4, 0.5) is 19.9 Å². The first-order chi connectivity index (χ1) is 25.3. The van der Waals surface area contributed by atoms with E-state index < -0.39 is 12.2 Å². The highest BCUT2D eigenvalue weighted by molar-refractivity contribution is 5.94. The lowest BCUT2D eigenvalue weighted by Gasteiger charge is -2.48. The molecule has 286 valence electrons. The van der Waals surface area contributed by atoms with Crippen LogP contribution < -0.4 is 20.5 Å². The number of amides is 1. The molecule has 0 aliphatic carbocycles. The van der Waals surface area contributed by atoms with Crippen LogP contribution in [0.1, 0.15) is 42.1 Å². The van der Waals surface area contributed by atoms with Gasteiger partial charge in [0.2, 0.25) is 5.56 Å². The molecule has 0 spiro atoms. The molecule has 3 aliphatic heterocycles. The highest BCUT2D eigenvalue weighted by Gasteiger charge is 2.40. The van der Waals surface area contributed by atoms with Crippen LogP contribution in [0.5, 0.6) is 11.5 Å². The molecule has 8 rings (SSSR count). The smallest absolute Gasteiger partial charge is 0.412 e. The number of nitrogens with one attached hydrogen (secondary N) is 2. The highest BCUT2D eigenvalue weighted by atomic mass is 19.0. The van der Waals surface area contributed by atoms with Crippen molar-refractivity contribution in [3.63, 3.8) is 0 Å². The number of aromatic nitrogens is 1. The third kappa shape index (κ3) is 9.07. The van der Waals surface area contributed by atoms with Gasteiger partial charge in [-0.25, -0.2) is 4.79 Å². The third-order valence-corrected chi connectivity index (χ3v) is 10.6. The molecule has 1 aromatic heterocycles. The van der Waals surface area contributed by atoms with Crippen LogP contribution in [-0.4, -0.2) is 76.7 Å². The number of pyridine rings is 1. The number of aryl methyl sites for hydroxylation is 1. The van der Waals surface area contributed by atoms with Crippen molar-refractivity contribution in [3.8, 4) is 22.6 Å². The van der Waals surface area contributed by atoms with E-state index in [1.54, 1.807) is 17.0 Å². The van der Waals surface area contributed by atoms with Crippen molar-refractivity contribution in [2.75, 3.05) is 44.2 Å². The lowest BCUT2D eigenvalue weighted by molar-refractivity contribution is 0.0837. The zero-order chi connectivity index (χ0) is 36.0. The molecule has 3 aliphatic rings. The van der Waals surface area contributed by atoms with Gasteiger partial charge in [-0.05, 0) is 110 Å². The number of hydrogen-bond acceptors (Lipinski definition) is 7. The maximum atomic E-state index is 12.9. The number of aromatic amines is 1. The maximum Gasteiger partial charge on any atom is 0.412 e. The number of nitrogens with zero attached hydrogens (tertiary/aromatic N) is 2. The number of aliphatic hydroxyl groups is 1. The van der Waals surface area contributed by atoms with Crippen molar-refractivity contribution < 1.29 is 34.3 Å². The number of halogens is 2. The second-order valence-corrected chi connectivity index (χ2v) is 13.9. The third-order valence-electron chi connectivity index (χ3n) is 10.6. The zero-order valence-electron chi connectivity index (χ0n) is 30.0. The molecule has 5 aromatic rings.